The van der Waals surface area contributed by atoms with Crippen molar-refractivity contribution in [2.45, 2.75) is 45.3 Å². The Morgan fingerprint density at radius 3 is 2.68 bits per heavy atom. The van der Waals surface area contributed by atoms with Gasteiger partial charge in [-0.1, -0.05) is 6.92 Å². The largest absolute Gasteiger partial charge is 0.376 e. The van der Waals surface area contributed by atoms with Crippen LogP contribution in [0.15, 0.2) is 18.2 Å². The van der Waals surface area contributed by atoms with Gasteiger partial charge in [0.25, 0.3) is 17.7 Å². The lowest BCUT2D eigenvalue weighted by atomic mass is 10.0. The third kappa shape index (κ3) is 4.06. The number of carbonyl (C=O) groups is 4. The Bertz CT molecular complexity index is 801. The molecule has 4 amide bonds. The summed E-state index contributed by atoms with van der Waals surface area (Å²) < 4.78 is 5.52. The molecule has 28 heavy (non-hydrogen) atoms. The molecule has 2 unspecified atom stereocenters. The fourth-order valence-electron chi connectivity index (χ4n) is 3.34. The maximum absolute atomic E-state index is 12.7. The predicted molar refractivity (Wildman–Crippen MR) is 101 cm³/mol. The molecule has 3 rings (SSSR count). The van der Waals surface area contributed by atoms with Crippen molar-refractivity contribution in [3.05, 3.63) is 34.9 Å². The van der Waals surface area contributed by atoms with Crippen LogP contribution in [0.1, 0.15) is 64.2 Å². The second kappa shape index (κ2) is 8.52. The summed E-state index contributed by atoms with van der Waals surface area (Å²) in [6.07, 6.45) is 2.41. The molecule has 150 valence electrons. The number of fused-ring (bicyclic) bond motifs is 1. The van der Waals surface area contributed by atoms with Crippen molar-refractivity contribution < 1.29 is 23.9 Å². The van der Waals surface area contributed by atoms with Gasteiger partial charge in [-0.3, -0.25) is 24.1 Å². The van der Waals surface area contributed by atoms with E-state index in [2.05, 4.69) is 10.6 Å². The van der Waals surface area contributed by atoms with Gasteiger partial charge in [-0.2, -0.15) is 0 Å². The summed E-state index contributed by atoms with van der Waals surface area (Å²) in [4.78, 5) is 50.8. The molecular formula is C20H25N3O5. The second-order valence-corrected chi connectivity index (χ2v) is 7.10. The molecule has 0 radical (unpaired) electrons. The molecule has 8 heteroatoms. The molecule has 0 spiro atoms. The molecule has 2 heterocycles. The van der Waals surface area contributed by atoms with Crippen molar-refractivity contribution in [3.63, 3.8) is 0 Å². The van der Waals surface area contributed by atoms with Crippen LogP contribution in [0.3, 0.4) is 0 Å². The summed E-state index contributed by atoms with van der Waals surface area (Å²) in [7, 11) is 0. The molecule has 1 aromatic carbocycles. The van der Waals surface area contributed by atoms with E-state index in [4.69, 9.17) is 4.74 Å². The first-order chi connectivity index (χ1) is 13.4. The zero-order chi connectivity index (χ0) is 20.3. The van der Waals surface area contributed by atoms with E-state index < -0.39 is 17.9 Å². The molecule has 8 nitrogen and oxygen atoms in total. The number of ether oxygens (including phenoxy) is 1. The Kier molecular flexibility index (Phi) is 6.08. The van der Waals surface area contributed by atoms with Crippen molar-refractivity contribution in [3.8, 4) is 0 Å². The van der Waals surface area contributed by atoms with Crippen molar-refractivity contribution in [1.29, 1.82) is 0 Å². The van der Waals surface area contributed by atoms with Crippen molar-refractivity contribution in [2.75, 3.05) is 19.7 Å². The van der Waals surface area contributed by atoms with Crippen LogP contribution >= 0.6 is 0 Å². The summed E-state index contributed by atoms with van der Waals surface area (Å²) in [6, 6.07) is 3.69. The monoisotopic (exact) mass is 387 g/mol. The van der Waals surface area contributed by atoms with Gasteiger partial charge in [0.1, 0.15) is 6.04 Å². The molecule has 2 atom stereocenters. The minimum atomic E-state index is -0.708. The highest BCUT2D eigenvalue weighted by molar-refractivity contribution is 6.22. The summed E-state index contributed by atoms with van der Waals surface area (Å²) in [6.45, 7) is 4.93. The number of carbonyl (C=O) groups excluding carboxylic acids is 4. The van der Waals surface area contributed by atoms with Gasteiger partial charge in [-0.15, -0.1) is 0 Å². The Morgan fingerprint density at radius 1 is 1.25 bits per heavy atom. The van der Waals surface area contributed by atoms with E-state index in [-0.39, 0.29) is 41.2 Å². The van der Waals surface area contributed by atoms with E-state index in [1.807, 2.05) is 6.92 Å². The van der Waals surface area contributed by atoms with Crippen molar-refractivity contribution in [1.82, 2.24) is 15.5 Å². The van der Waals surface area contributed by atoms with Crippen LogP contribution in [0.5, 0.6) is 0 Å². The van der Waals surface area contributed by atoms with Gasteiger partial charge in [0, 0.05) is 18.7 Å². The van der Waals surface area contributed by atoms with Gasteiger partial charge in [0.2, 0.25) is 5.91 Å². The number of nitrogens with one attached hydrogen (secondary N) is 2. The molecule has 1 fully saturated rings. The third-order valence-corrected chi connectivity index (χ3v) is 4.93. The summed E-state index contributed by atoms with van der Waals surface area (Å²) in [5.41, 5.74) is 0.723. The highest BCUT2D eigenvalue weighted by atomic mass is 16.5. The maximum atomic E-state index is 12.7. The fraction of sp³-hybridized carbons (Fsp3) is 0.500. The smallest absolute Gasteiger partial charge is 0.261 e. The normalized spacial score (nSPS) is 19.5. The van der Waals surface area contributed by atoms with Crippen molar-refractivity contribution in [2.24, 2.45) is 0 Å². The SMILES string of the molecule is CCCNC(=O)C(C)NC(=O)c1ccc2c(c1)C(=O)N(CC1CCCO1)C2=O. The lowest BCUT2D eigenvalue weighted by Gasteiger charge is -2.17. The van der Waals surface area contributed by atoms with Gasteiger partial charge in [-0.25, -0.2) is 0 Å². The number of nitrogens with zero attached hydrogens (tertiary/aromatic N) is 1. The Balaban J connectivity index is 1.69. The highest BCUT2D eigenvalue weighted by Crippen LogP contribution is 2.26. The van der Waals surface area contributed by atoms with E-state index in [1.54, 1.807) is 6.92 Å². The van der Waals surface area contributed by atoms with Crippen LogP contribution in [0.25, 0.3) is 0 Å². The van der Waals surface area contributed by atoms with Gasteiger partial charge in [-0.05, 0) is 44.4 Å². The summed E-state index contributed by atoms with van der Waals surface area (Å²) >= 11 is 0. The third-order valence-electron chi connectivity index (χ3n) is 4.93. The lowest BCUT2D eigenvalue weighted by molar-refractivity contribution is -0.122. The number of rotatable bonds is 7. The van der Waals surface area contributed by atoms with Crippen LogP contribution in [-0.2, 0) is 9.53 Å². The van der Waals surface area contributed by atoms with E-state index >= 15 is 0 Å². The standard InChI is InChI=1S/C20H25N3O5/c1-3-8-21-17(24)12(2)22-18(25)13-6-7-15-16(10-13)20(27)23(19(15)26)11-14-5-4-9-28-14/h6-7,10,12,14H,3-5,8-9,11H2,1-2H3,(H,21,24)(H,22,25). The molecule has 0 aliphatic carbocycles. The van der Waals surface area contributed by atoms with Gasteiger partial charge in [0.05, 0.1) is 23.8 Å². The van der Waals surface area contributed by atoms with Crippen LogP contribution in [0, 0.1) is 0 Å². The quantitative estimate of drug-likeness (QED) is 0.682. The van der Waals surface area contributed by atoms with E-state index in [1.165, 1.54) is 23.1 Å². The minimum absolute atomic E-state index is 0.132. The number of hydrogen-bond donors (Lipinski definition) is 2. The van der Waals surface area contributed by atoms with Crippen LogP contribution in [-0.4, -0.2) is 60.4 Å². The second-order valence-electron chi connectivity index (χ2n) is 7.10. The first-order valence-electron chi connectivity index (χ1n) is 9.62. The van der Waals surface area contributed by atoms with Gasteiger partial charge < -0.3 is 15.4 Å². The molecule has 0 bridgehead atoms. The average molecular weight is 387 g/mol. The van der Waals surface area contributed by atoms with E-state index in [0.717, 1.165) is 19.3 Å². The molecule has 1 saturated heterocycles. The maximum Gasteiger partial charge on any atom is 0.261 e. The van der Waals surface area contributed by atoms with E-state index in [0.29, 0.717) is 13.2 Å². The lowest BCUT2D eigenvalue weighted by Crippen LogP contribution is -2.45. The van der Waals surface area contributed by atoms with Gasteiger partial charge >= 0.3 is 0 Å². The molecule has 2 aliphatic heterocycles. The van der Waals surface area contributed by atoms with Gasteiger partial charge in [0.15, 0.2) is 0 Å². The Hall–Kier alpha value is -2.74. The Labute approximate surface area is 163 Å². The molecule has 2 aliphatic rings. The fourth-order valence-corrected chi connectivity index (χ4v) is 3.34. The highest BCUT2D eigenvalue weighted by Gasteiger charge is 2.38. The first-order valence-corrected chi connectivity index (χ1v) is 9.62. The number of amides is 4. The summed E-state index contributed by atoms with van der Waals surface area (Å²) in [5, 5.41) is 5.32. The number of benzene rings is 1. The molecule has 1 aromatic rings. The summed E-state index contributed by atoms with van der Waals surface area (Å²) in [5.74, 6) is -1.53. The number of hydrogen-bond acceptors (Lipinski definition) is 5. The van der Waals surface area contributed by atoms with Crippen LogP contribution in [0.2, 0.25) is 0 Å². The van der Waals surface area contributed by atoms with Crippen molar-refractivity contribution >= 4 is 23.6 Å². The molecule has 0 saturated carbocycles. The van der Waals surface area contributed by atoms with Crippen LogP contribution < -0.4 is 10.6 Å². The zero-order valence-corrected chi connectivity index (χ0v) is 16.1. The molecule has 2 N–H and O–H groups in total. The molecule has 0 aromatic heterocycles. The Morgan fingerprint density at radius 2 is 2.00 bits per heavy atom. The number of imide groups is 1. The predicted octanol–water partition coefficient (Wildman–Crippen LogP) is 1.11. The minimum Gasteiger partial charge on any atom is -0.376 e. The molecular weight excluding hydrogens is 362 g/mol. The average Bonchev–Trinajstić information content (AvgIpc) is 3.28. The van der Waals surface area contributed by atoms with Crippen LogP contribution in [0.4, 0.5) is 0 Å². The first kappa shape index (κ1) is 20.0. The van der Waals surface area contributed by atoms with E-state index in [9.17, 15) is 19.2 Å². The zero-order valence-electron chi connectivity index (χ0n) is 16.1. The topological polar surface area (TPSA) is 105 Å².